The molecule has 0 radical (unpaired) electrons. The van der Waals surface area contributed by atoms with Crippen LogP contribution in [0.2, 0.25) is 0 Å². The van der Waals surface area contributed by atoms with E-state index in [1.807, 2.05) is 30.3 Å². The Labute approximate surface area is 112 Å². The zero-order chi connectivity index (χ0) is 13.2. The zero-order valence-electron chi connectivity index (χ0n) is 10.8. The Morgan fingerprint density at radius 1 is 1.26 bits per heavy atom. The molecule has 0 aliphatic heterocycles. The Morgan fingerprint density at radius 2 is 2.00 bits per heavy atom. The van der Waals surface area contributed by atoms with Crippen molar-refractivity contribution < 1.29 is 9.90 Å². The van der Waals surface area contributed by atoms with E-state index in [-0.39, 0.29) is 6.42 Å². The number of benzene rings is 1. The Balaban J connectivity index is 2.11. The molecule has 0 saturated heterocycles. The molecule has 2 aromatic rings. The number of pyridine rings is 1. The SMILES string of the molecule is O=C(O)Cc1cc(C2CCCC2)nc2ccccc12. The third kappa shape index (κ3) is 2.46. The van der Waals surface area contributed by atoms with Gasteiger partial charge in [-0.25, -0.2) is 0 Å². The number of carboxylic acid groups (broad SMARTS) is 1. The fourth-order valence-corrected chi connectivity index (χ4v) is 3.01. The maximum absolute atomic E-state index is 11.0. The van der Waals surface area contributed by atoms with Crippen molar-refractivity contribution in [1.82, 2.24) is 4.98 Å². The van der Waals surface area contributed by atoms with Crippen molar-refractivity contribution in [3.05, 3.63) is 41.6 Å². The lowest BCUT2D eigenvalue weighted by Gasteiger charge is -2.12. The van der Waals surface area contributed by atoms with Crippen LogP contribution in [0.3, 0.4) is 0 Å². The Hall–Kier alpha value is -1.90. The number of carboxylic acids is 1. The number of carbonyl (C=O) groups is 1. The fraction of sp³-hybridized carbons (Fsp3) is 0.375. The van der Waals surface area contributed by atoms with Crippen LogP contribution in [0.15, 0.2) is 30.3 Å². The highest BCUT2D eigenvalue weighted by Crippen LogP contribution is 2.34. The molecule has 1 fully saturated rings. The summed E-state index contributed by atoms with van der Waals surface area (Å²) in [6.45, 7) is 0. The first-order chi connectivity index (χ1) is 9.24. The Kier molecular flexibility index (Phi) is 3.20. The van der Waals surface area contributed by atoms with Gasteiger partial charge in [-0.1, -0.05) is 31.0 Å². The summed E-state index contributed by atoms with van der Waals surface area (Å²) in [5.41, 5.74) is 2.88. The molecule has 3 rings (SSSR count). The summed E-state index contributed by atoms with van der Waals surface area (Å²) in [5.74, 6) is -0.272. The van der Waals surface area contributed by atoms with Gasteiger partial charge in [-0.05, 0) is 30.5 Å². The molecule has 1 aromatic heterocycles. The Bertz CT molecular complexity index is 615. The van der Waals surface area contributed by atoms with Crippen LogP contribution in [0.4, 0.5) is 0 Å². The summed E-state index contributed by atoms with van der Waals surface area (Å²) in [7, 11) is 0. The predicted molar refractivity (Wildman–Crippen MR) is 74.3 cm³/mol. The summed E-state index contributed by atoms with van der Waals surface area (Å²) >= 11 is 0. The number of aromatic nitrogens is 1. The molecule has 1 N–H and O–H groups in total. The number of nitrogens with zero attached hydrogens (tertiary/aromatic N) is 1. The second-order valence-electron chi connectivity index (χ2n) is 5.28. The number of fused-ring (bicyclic) bond motifs is 1. The number of rotatable bonds is 3. The van der Waals surface area contributed by atoms with Crippen LogP contribution in [-0.2, 0) is 11.2 Å². The molecule has 1 aliphatic rings. The minimum Gasteiger partial charge on any atom is -0.481 e. The van der Waals surface area contributed by atoms with Crippen molar-refractivity contribution in [2.45, 2.75) is 38.0 Å². The largest absolute Gasteiger partial charge is 0.481 e. The van der Waals surface area contributed by atoms with E-state index in [0.717, 1.165) is 22.2 Å². The quantitative estimate of drug-likeness (QED) is 0.912. The van der Waals surface area contributed by atoms with E-state index in [0.29, 0.717) is 5.92 Å². The molecule has 0 bridgehead atoms. The molecule has 0 atom stereocenters. The predicted octanol–water partition coefficient (Wildman–Crippen LogP) is 3.52. The molecule has 1 aliphatic carbocycles. The molecule has 3 heteroatoms. The van der Waals surface area contributed by atoms with Crippen LogP contribution < -0.4 is 0 Å². The molecule has 3 nitrogen and oxygen atoms in total. The summed E-state index contributed by atoms with van der Waals surface area (Å²) in [4.78, 5) is 15.8. The van der Waals surface area contributed by atoms with Crippen molar-refractivity contribution in [2.24, 2.45) is 0 Å². The van der Waals surface area contributed by atoms with Gasteiger partial charge in [-0.3, -0.25) is 9.78 Å². The van der Waals surface area contributed by atoms with Gasteiger partial charge in [0.1, 0.15) is 0 Å². The van der Waals surface area contributed by atoms with Crippen LogP contribution in [0, 0.1) is 0 Å². The average molecular weight is 255 g/mol. The first kappa shape index (κ1) is 12.2. The first-order valence-corrected chi connectivity index (χ1v) is 6.84. The van der Waals surface area contributed by atoms with Gasteiger partial charge in [0.05, 0.1) is 11.9 Å². The van der Waals surface area contributed by atoms with E-state index >= 15 is 0 Å². The number of hydrogen-bond donors (Lipinski definition) is 1. The lowest BCUT2D eigenvalue weighted by Crippen LogP contribution is -2.05. The van der Waals surface area contributed by atoms with Crippen LogP contribution in [0.25, 0.3) is 10.9 Å². The van der Waals surface area contributed by atoms with Crippen LogP contribution in [-0.4, -0.2) is 16.1 Å². The molecule has 98 valence electrons. The molecule has 1 heterocycles. The lowest BCUT2D eigenvalue weighted by molar-refractivity contribution is -0.136. The van der Waals surface area contributed by atoms with E-state index in [4.69, 9.17) is 10.1 Å². The minimum atomic E-state index is -0.784. The first-order valence-electron chi connectivity index (χ1n) is 6.84. The molecule has 0 spiro atoms. The average Bonchev–Trinajstić information content (AvgIpc) is 2.92. The van der Waals surface area contributed by atoms with E-state index in [2.05, 4.69) is 0 Å². The van der Waals surface area contributed by atoms with E-state index in [1.165, 1.54) is 25.7 Å². The van der Waals surface area contributed by atoms with Crippen molar-refractivity contribution in [3.8, 4) is 0 Å². The highest BCUT2D eigenvalue weighted by Gasteiger charge is 2.20. The Morgan fingerprint density at radius 3 is 2.74 bits per heavy atom. The lowest BCUT2D eigenvalue weighted by atomic mass is 9.98. The van der Waals surface area contributed by atoms with E-state index in [1.54, 1.807) is 0 Å². The highest BCUT2D eigenvalue weighted by atomic mass is 16.4. The summed E-state index contributed by atoms with van der Waals surface area (Å²) in [5, 5.41) is 10.0. The monoisotopic (exact) mass is 255 g/mol. The highest BCUT2D eigenvalue weighted by molar-refractivity contribution is 5.86. The third-order valence-corrected chi connectivity index (χ3v) is 3.94. The molecule has 0 unspecified atom stereocenters. The standard InChI is InChI=1S/C16H17NO2/c18-16(19)10-12-9-15(11-5-1-2-6-11)17-14-8-4-3-7-13(12)14/h3-4,7-9,11H,1-2,5-6,10H2,(H,18,19). The van der Waals surface area contributed by atoms with E-state index < -0.39 is 5.97 Å². The number of hydrogen-bond acceptors (Lipinski definition) is 2. The summed E-state index contributed by atoms with van der Waals surface area (Å²) in [6, 6.07) is 9.83. The minimum absolute atomic E-state index is 0.0722. The van der Waals surface area contributed by atoms with Gasteiger partial charge in [-0.2, -0.15) is 0 Å². The normalized spacial score (nSPS) is 16.0. The van der Waals surface area contributed by atoms with Crippen molar-refractivity contribution in [3.63, 3.8) is 0 Å². The molecular weight excluding hydrogens is 238 g/mol. The van der Waals surface area contributed by atoms with Crippen molar-refractivity contribution in [1.29, 1.82) is 0 Å². The van der Waals surface area contributed by atoms with Gasteiger partial charge in [-0.15, -0.1) is 0 Å². The second-order valence-corrected chi connectivity index (χ2v) is 5.28. The van der Waals surface area contributed by atoms with Gasteiger partial charge >= 0.3 is 5.97 Å². The van der Waals surface area contributed by atoms with Gasteiger partial charge in [0, 0.05) is 17.0 Å². The third-order valence-electron chi connectivity index (χ3n) is 3.94. The molecule has 1 aromatic carbocycles. The number of para-hydroxylation sites is 1. The number of aliphatic carboxylic acids is 1. The van der Waals surface area contributed by atoms with Gasteiger partial charge in [0.15, 0.2) is 0 Å². The fourth-order valence-electron chi connectivity index (χ4n) is 3.01. The maximum Gasteiger partial charge on any atom is 0.307 e. The maximum atomic E-state index is 11.0. The molecule has 0 amide bonds. The van der Waals surface area contributed by atoms with Crippen LogP contribution >= 0.6 is 0 Å². The van der Waals surface area contributed by atoms with Crippen LogP contribution in [0.5, 0.6) is 0 Å². The molecular formula is C16H17NO2. The molecule has 1 saturated carbocycles. The van der Waals surface area contributed by atoms with Crippen LogP contribution in [0.1, 0.15) is 42.9 Å². The molecule has 19 heavy (non-hydrogen) atoms. The summed E-state index contributed by atoms with van der Waals surface area (Å²) < 4.78 is 0. The second kappa shape index (κ2) is 5.00. The van der Waals surface area contributed by atoms with Gasteiger partial charge in [0.25, 0.3) is 0 Å². The summed E-state index contributed by atoms with van der Waals surface area (Å²) in [6.07, 6.45) is 4.94. The van der Waals surface area contributed by atoms with Crippen molar-refractivity contribution in [2.75, 3.05) is 0 Å². The topological polar surface area (TPSA) is 50.2 Å². The van der Waals surface area contributed by atoms with Gasteiger partial charge in [0.2, 0.25) is 0 Å². The zero-order valence-corrected chi connectivity index (χ0v) is 10.8. The van der Waals surface area contributed by atoms with Gasteiger partial charge < -0.3 is 5.11 Å². The van der Waals surface area contributed by atoms with E-state index in [9.17, 15) is 4.79 Å². The smallest absolute Gasteiger partial charge is 0.307 e. The van der Waals surface area contributed by atoms with Crippen molar-refractivity contribution >= 4 is 16.9 Å².